The molecule has 0 N–H and O–H groups in total. The topological polar surface area (TPSA) is 13.1 Å². The summed E-state index contributed by atoms with van der Waals surface area (Å²) < 4.78 is 6.62. The predicted molar refractivity (Wildman–Crippen MR) is 200 cm³/mol. The van der Waals surface area contributed by atoms with Crippen LogP contribution in [0.1, 0.15) is 0 Å². The van der Waals surface area contributed by atoms with Crippen molar-refractivity contribution in [2.75, 3.05) is 0 Å². The summed E-state index contributed by atoms with van der Waals surface area (Å²) in [5.41, 5.74) is 9.26. The third-order valence-corrected chi connectivity index (χ3v) is 9.86. The zero-order chi connectivity index (χ0) is 30.9. The van der Waals surface area contributed by atoms with Crippen LogP contribution in [0, 0.1) is 0 Å². The molecule has 0 saturated heterocycles. The first-order chi connectivity index (χ1) is 23.3. The maximum Gasteiger partial charge on any atom is 0.143 e. The molecule has 0 bridgehead atoms. The Morgan fingerprint density at radius 1 is 0.298 bits per heavy atom. The second-order valence-electron chi connectivity index (χ2n) is 12.4. The highest BCUT2D eigenvalue weighted by atomic mass is 16.3. The van der Waals surface area contributed by atoms with E-state index in [1.54, 1.807) is 0 Å². The van der Waals surface area contributed by atoms with Gasteiger partial charge in [0.2, 0.25) is 0 Å². The molecule has 1 nitrogen and oxygen atoms in total. The minimum Gasteiger partial charge on any atom is -0.455 e. The van der Waals surface area contributed by atoms with E-state index in [2.05, 4.69) is 170 Å². The fraction of sp³-hybridized carbons (Fsp3) is 0. The summed E-state index contributed by atoms with van der Waals surface area (Å²) >= 11 is 0. The molecule has 1 heterocycles. The molecule has 0 unspecified atom stereocenters. The van der Waals surface area contributed by atoms with Gasteiger partial charge in [-0.2, -0.15) is 0 Å². The summed E-state index contributed by atoms with van der Waals surface area (Å²) in [6, 6.07) is 61.5. The molecule has 10 aromatic rings. The SMILES string of the molecule is c1ccc2c(-c3ccc(-c4c5ccccc5c(-c5cccc6oc7c8ccccc8ccc7c56)c5ccccc45)cc3)cccc2c1. The van der Waals surface area contributed by atoms with Crippen molar-refractivity contribution in [1.29, 1.82) is 0 Å². The van der Waals surface area contributed by atoms with Crippen LogP contribution >= 0.6 is 0 Å². The number of hydrogen-bond donors (Lipinski definition) is 0. The molecular weight excluding hydrogens is 569 g/mol. The van der Waals surface area contributed by atoms with Crippen molar-refractivity contribution in [3.8, 4) is 33.4 Å². The van der Waals surface area contributed by atoms with Gasteiger partial charge in [0.1, 0.15) is 11.2 Å². The van der Waals surface area contributed by atoms with Crippen LogP contribution in [-0.2, 0) is 0 Å². The van der Waals surface area contributed by atoms with Gasteiger partial charge in [0, 0.05) is 16.2 Å². The summed E-state index contributed by atoms with van der Waals surface area (Å²) in [6.07, 6.45) is 0. The highest BCUT2D eigenvalue weighted by Gasteiger charge is 2.21. The highest BCUT2D eigenvalue weighted by molar-refractivity contribution is 6.27. The smallest absolute Gasteiger partial charge is 0.143 e. The zero-order valence-corrected chi connectivity index (χ0v) is 25.6. The van der Waals surface area contributed by atoms with Crippen molar-refractivity contribution in [1.82, 2.24) is 0 Å². The summed E-state index contributed by atoms with van der Waals surface area (Å²) in [7, 11) is 0. The van der Waals surface area contributed by atoms with Gasteiger partial charge in [0.05, 0.1) is 0 Å². The van der Waals surface area contributed by atoms with Crippen LogP contribution in [0.25, 0.3) is 98.4 Å². The molecule has 9 aromatic carbocycles. The van der Waals surface area contributed by atoms with E-state index >= 15 is 0 Å². The van der Waals surface area contributed by atoms with Gasteiger partial charge in [-0.1, -0.05) is 158 Å². The minimum absolute atomic E-state index is 0.912. The Bertz CT molecular complexity index is 2770. The van der Waals surface area contributed by atoms with E-state index in [0.29, 0.717) is 0 Å². The van der Waals surface area contributed by atoms with E-state index in [1.165, 1.54) is 71.1 Å². The molecule has 0 saturated carbocycles. The molecule has 1 heteroatoms. The van der Waals surface area contributed by atoms with Gasteiger partial charge in [-0.15, -0.1) is 0 Å². The van der Waals surface area contributed by atoms with E-state index in [9.17, 15) is 0 Å². The van der Waals surface area contributed by atoms with Crippen LogP contribution < -0.4 is 0 Å². The van der Waals surface area contributed by atoms with E-state index in [0.717, 1.165) is 27.3 Å². The zero-order valence-electron chi connectivity index (χ0n) is 25.6. The third-order valence-electron chi connectivity index (χ3n) is 9.86. The van der Waals surface area contributed by atoms with Gasteiger partial charge < -0.3 is 4.42 Å². The molecule has 1 aromatic heterocycles. The fourth-order valence-electron chi connectivity index (χ4n) is 7.79. The lowest BCUT2D eigenvalue weighted by Gasteiger charge is -2.18. The molecule has 0 spiro atoms. The summed E-state index contributed by atoms with van der Waals surface area (Å²) in [5, 5.41) is 12.1. The Labute approximate surface area is 271 Å². The molecule has 0 radical (unpaired) electrons. The molecule has 0 aliphatic heterocycles. The number of rotatable bonds is 3. The molecule has 218 valence electrons. The Hall–Kier alpha value is -6.18. The minimum atomic E-state index is 0.912. The Kier molecular flexibility index (Phi) is 5.64. The lowest BCUT2D eigenvalue weighted by molar-refractivity contribution is 0.673. The fourth-order valence-corrected chi connectivity index (χ4v) is 7.79. The average molecular weight is 597 g/mol. The molecule has 47 heavy (non-hydrogen) atoms. The van der Waals surface area contributed by atoms with Crippen molar-refractivity contribution in [2.45, 2.75) is 0 Å². The first-order valence-electron chi connectivity index (χ1n) is 16.2. The molecule has 10 rings (SSSR count). The molecule has 0 aliphatic rings. The second-order valence-corrected chi connectivity index (χ2v) is 12.4. The number of hydrogen-bond acceptors (Lipinski definition) is 1. The van der Waals surface area contributed by atoms with Crippen LogP contribution in [0.3, 0.4) is 0 Å². The summed E-state index contributed by atoms with van der Waals surface area (Å²) in [4.78, 5) is 0. The van der Waals surface area contributed by atoms with Crippen LogP contribution in [-0.4, -0.2) is 0 Å². The quantitative estimate of drug-likeness (QED) is 0.185. The van der Waals surface area contributed by atoms with E-state index in [-0.39, 0.29) is 0 Å². The Morgan fingerprint density at radius 3 is 1.51 bits per heavy atom. The lowest BCUT2D eigenvalue weighted by atomic mass is 9.84. The first-order valence-corrected chi connectivity index (χ1v) is 16.2. The second kappa shape index (κ2) is 10.2. The number of fused-ring (bicyclic) bond motifs is 8. The standard InChI is InChI=1S/C46H28O/c1-3-14-33-29(11-1)13-9-20-34(33)31-23-25-32(26-24-31)43-36-16-5-7-18-38(36)44(39-19-8-6-17-37(39)43)40-21-10-22-42-45(40)41-28-27-30-12-2-4-15-35(30)46(41)47-42/h1-28H. The van der Waals surface area contributed by atoms with Crippen molar-refractivity contribution >= 4 is 65.0 Å². The largest absolute Gasteiger partial charge is 0.455 e. The van der Waals surface area contributed by atoms with Gasteiger partial charge >= 0.3 is 0 Å². The summed E-state index contributed by atoms with van der Waals surface area (Å²) in [6.45, 7) is 0. The molecule has 0 atom stereocenters. The van der Waals surface area contributed by atoms with Gasteiger partial charge in [-0.3, -0.25) is 0 Å². The third kappa shape index (κ3) is 3.90. The van der Waals surface area contributed by atoms with Gasteiger partial charge in [-0.25, -0.2) is 0 Å². The van der Waals surface area contributed by atoms with Gasteiger partial charge in [0.25, 0.3) is 0 Å². The van der Waals surface area contributed by atoms with Crippen LogP contribution in [0.2, 0.25) is 0 Å². The maximum absolute atomic E-state index is 6.62. The first kappa shape index (κ1) is 26.1. The lowest BCUT2D eigenvalue weighted by Crippen LogP contribution is -1.91. The van der Waals surface area contributed by atoms with Crippen molar-refractivity contribution < 1.29 is 4.42 Å². The maximum atomic E-state index is 6.62. The Morgan fingerprint density at radius 2 is 0.809 bits per heavy atom. The Balaban J connectivity index is 1.24. The van der Waals surface area contributed by atoms with E-state index in [1.807, 2.05) is 0 Å². The highest BCUT2D eigenvalue weighted by Crippen LogP contribution is 2.47. The van der Waals surface area contributed by atoms with Crippen LogP contribution in [0.15, 0.2) is 174 Å². The molecule has 0 aliphatic carbocycles. The van der Waals surface area contributed by atoms with E-state index in [4.69, 9.17) is 4.42 Å². The van der Waals surface area contributed by atoms with E-state index < -0.39 is 0 Å². The number of furan rings is 1. The van der Waals surface area contributed by atoms with Crippen LogP contribution in [0.4, 0.5) is 0 Å². The predicted octanol–water partition coefficient (Wildman–Crippen LogP) is 13.2. The molecular formula is C46H28O. The van der Waals surface area contributed by atoms with Crippen molar-refractivity contribution in [3.05, 3.63) is 170 Å². The molecule has 0 amide bonds. The monoisotopic (exact) mass is 596 g/mol. The normalized spacial score (nSPS) is 11.8. The molecule has 0 fully saturated rings. The van der Waals surface area contributed by atoms with Gasteiger partial charge in [0.15, 0.2) is 0 Å². The van der Waals surface area contributed by atoms with Crippen LogP contribution in [0.5, 0.6) is 0 Å². The number of benzene rings is 9. The van der Waals surface area contributed by atoms with Crippen molar-refractivity contribution in [3.63, 3.8) is 0 Å². The summed E-state index contributed by atoms with van der Waals surface area (Å²) in [5.74, 6) is 0. The van der Waals surface area contributed by atoms with Crippen molar-refractivity contribution in [2.24, 2.45) is 0 Å². The average Bonchev–Trinajstić information content (AvgIpc) is 3.54. The van der Waals surface area contributed by atoms with Gasteiger partial charge in [-0.05, 0) is 83.2 Å².